The summed E-state index contributed by atoms with van der Waals surface area (Å²) in [6.45, 7) is -0.536. The molecule has 3 N–H and O–H groups in total. The normalized spacial score (nSPS) is 14.0. The van der Waals surface area contributed by atoms with Crippen molar-refractivity contribution in [2.24, 2.45) is 5.73 Å². The third-order valence-corrected chi connectivity index (χ3v) is 2.22. The zero-order chi connectivity index (χ0) is 11.6. The molecule has 0 aliphatic carbocycles. The van der Waals surface area contributed by atoms with Crippen LogP contribution in [0.5, 0.6) is 0 Å². The minimum absolute atomic E-state index is 0.0641. The van der Waals surface area contributed by atoms with Gasteiger partial charge in [-0.2, -0.15) is 13.2 Å². The van der Waals surface area contributed by atoms with E-state index in [1.54, 1.807) is 0 Å². The highest BCUT2D eigenvalue weighted by Gasteiger charge is 2.39. The van der Waals surface area contributed by atoms with E-state index in [0.29, 0.717) is 4.47 Å². The predicted octanol–water partition coefficient (Wildman–Crippen LogP) is 1.90. The van der Waals surface area contributed by atoms with Crippen LogP contribution in [0.25, 0.3) is 0 Å². The predicted molar refractivity (Wildman–Crippen MR) is 50.8 cm³/mol. The number of alkyl halides is 3. The molecule has 1 aromatic heterocycles. The number of aromatic nitrogens is 1. The molecule has 0 fully saturated rings. The average Bonchev–Trinajstić information content (AvgIpc) is 2.15. The van der Waals surface area contributed by atoms with Crippen molar-refractivity contribution in [2.45, 2.75) is 18.8 Å². The summed E-state index contributed by atoms with van der Waals surface area (Å²) in [7, 11) is 0. The van der Waals surface area contributed by atoms with Crippen molar-refractivity contribution in [3.05, 3.63) is 28.0 Å². The van der Waals surface area contributed by atoms with E-state index in [0.717, 1.165) is 0 Å². The number of aliphatic hydroxyl groups is 1. The van der Waals surface area contributed by atoms with Crippen LogP contribution in [0.4, 0.5) is 13.2 Å². The third kappa shape index (κ3) is 2.90. The van der Waals surface area contributed by atoms with Gasteiger partial charge in [0.15, 0.2) is 0 Å². The Balaban J connectivity index is 3.14. The molecule has 0 saturated heterocycles. The molecule has 1 atom stereocenters. The van der Waals surface area contributed by atoms with Gasteiger partial charge in [-0.25, -0.2) is 0 Å². The molecule has 0 radical (unpaired) electrons. The Kier molecular flexibility index (Phi) is 3.69. The van der Waals surface area contributed by atoms with Crippen molar-refractivity contribution in [2.75, 3.05) is 0 Å². The lowest BCUT2D eigenvalue weighted by Gasteiger charge is -2.17. The van der Waals surface area contributed by atoms with E-state index in [1.807, 2.05) is 0 Å². The summed E-state index contributed by atoms with van der Waals surface area (Å²) < 4.78 is 37.4. The van der Waals surface area contributed by atoms with Gasteiger partial charge in [0.05, 0.1) is 12.3 Å². The molecule has 0 unspecified atom stereocenters. The van der Waals surface area contributed by atoms with Gasteiger partial charge in [-0.3, -0.25) is 4.98 Å². The Morgan fingerprint density at radius 2 is 2.13 bits per heavy atom. The molecule has 0 aliphatic heterocycles. The number of hydrogen-bond donors (Lipinski definition) is 2. The lowest BCUT2D eigenvalue weighted by atomic mass is 10.1. The van der Waals surface area contributed by atoms with Crippen LogP contribution in [-0.4, -0.2) is 16.3 Å². The molecule has 1 heterocycles. The quantitative estimate of drug-likeness (QED) is 0.872. The fourth-order valence-corrected chi connectivity index (χ4v) is 1.43. The van der Waals surface area contributed by atoms with Crippen LogP contribution >= 0.6 is 15.9 Å². The first kappa shape index (κ1) is 12.4. The topological polar surface area (TPSA) is 59.1 Å². The van der Waals surface area contributed by atoms with Gasteiger partial charge >= 0.3 is 6.18 Å². The van der Waals surface area contributed by atoms with Gasteiger partial charge in [0, 0.05) is 16.2 Å². The maximum Gasteiger partial charge on any atom is 0.409 e. The van der Waals surface area contributed by atoms with Gasteiger partial charge in [-0.15, -0.1) is 0 Å². The minimum atomic E-state index is -4.56. The zero-order valence-electron chi connectivity index (χ0n) is 7.42. The van der Waals surface area contributed by atoms with Gasteiger partial charge in [0.2, 0.25) is 0 Å². The zero-order valence-corrected chi connectivity index (χ0v) is 9.01. The molecule has 7 heteroatoms. The van der Waals surface area contributed by atoms with Crippen molar-refractivity contribution in [3.8, 4) is 0 Å². The molecule has 0 bridgehead atoms. The SMILES string of the molecule is N[C@H](c1ncc(Br)cc1CO)C(F)(F)F. The average molecular weight is 285 g/mol. The summed E-state index contributed by atoms with van der Waals surface area (Å²) in [6.07, 6.45) is -3.36. The van der Waals surface area contributed by atoms with E-state index in [2.05, 4.69) is 20.9 Å². The van der Waals surface area contributed by atoms with Gasteiger partial charge in [-0.05, 0) is 22.0 Å². The summed E-state index contributed by atoms with van der Waals surface area (Å²) in [5.74, 6) is 0. The molecule has 0 saturated carbocycles. The first-order valence-electron chi connectivity index (χ1n) is 3.93. The molecule has 0 spiro atoms. The summed E-state index contributed by atoms with van der Waals surface area (Å²) >= 11 is 3.04. The summed E-state index contributed by atoms with van der Waals surface area (Å²) in [5.41, 5.74) is 4.70. The monoisotopic (exact) mass is 284 g/mol. The molecule has 1 rings (SSSR count). The van der Waals surface area contributed by atoms with Crippen molar-refractivity contribution in [1.29, 1.82) is 0 Å². The Hall–Kier alpha value is -0.660. The Morgan fingerprint density at radius 3 is 2.60 bits per heavy atom. The van der Waals surface area contributed by atoms with E-state index in [4.69, 9.17) is 10.8 Å². The highest BCUT2D eigenvalue weighted by atomic mass is 79.9. The van der Waals surface area contributed by atoms with Crippen molar-refractivity contribution in [3.63, 3.8) is 0 Å². The van der Waals surface area contributed by atoms with E-state index in [9.17, 15) is 13.2 Å². The van der Waals surface area contributed by atoms with Crippen LogP contribution in [0, 0.1) is 0 Å². The molecule has 84 valence electrons. The second-order valence-corrected chi connectivity index (χ2v) is 3.79. The third-order valence-electron chi connectivity index (χ3n) is 1.79. The van der Waals surface area contributed by atoms with Gasteiger partial charge in [0.1, 0.15) is 6.04 Å². The molecule has 1 aromatic rings. The number of aliphatic hydroxyl groups excluding tert-OH is 1. The lowest BCUT2D eigenvalue weighted by Crippen LogP contribution is -2.30. The van der Waals surface area contributed by atoms with Crippen molar-refractivity contribution in [1.82, 2.24) is 4.98 Å². The second-order valence-electron chi connectivity index (χ2n) is 2.88. The van der Waals surface area contributed by atoms with Gasteiger partial charge in [-0.1, -0.05) is 0 Å². The summed E-state index contributed by atoms with van der Waals surface area (Å²) in [4.78, 5) is 3.56. The highest BCUT2D eigenvalue weighted by molar-refractivity contribution is 9.10. The Morgan fingerprint density at radius 1 is 1.53 bits per heavy atom. The smallest absolute Gasteiger partial charge is 0.392 e. The van der Waals surface area contributed by atoms with Crippen LogP contribution in [0.3, 0.4) is 0 Å². The molecule has 15 heavy (non-hydrogen) atoms. The van der Waals surface area contributed by atoms with E-state index in [-0.39, 0.29) is 11.3 Å². The molecule has 0 amide bonds. The van der Waals surface area contributed by atoms with E-state index >= 15 is 0 Å². The number of pyridine rings is 1. The maximum atomic E-state index is 12.3. The standard InChI is InChI=1S/C8H8BrF3N2O/c9-5-1-4(3-15)6(14-2-5)7(13)8(10,11)12/h1-2,7,15H,3,13H2/t7-/m1/s1. The fraction of sp³-hybridized carbons (Fsp3) is 0.375. The van der Waals surface area contributed by atoms with Gasteiger partial charge < -0.3 is 10.8 Å². The number of hydrogen-bond acceptors (Lipinski definition) is 3. The molecule has 0 aliphatic rings. The van der Waals surface area contributed by atoms with Gasteiger partial charge in [0.25, 0.3) is 0 Å². The van der Waals surface area contributed by atoms with E-state index in [1.165, 1.54) is 12.3 Å². The number of halogens is 4. The highest BCUT2D eigenvalue weighted by Crippen LogP contribution is 2.31. The molecule has 0 aromatic carbocycles. The van der Waals surface area contributed by atoms with Crippen LogP contribution < -0.4 is 5.73 Å². The Bertz CT molecular complexity index is 356. The van der Waals surface area contributed by atoms with Crippen LogP contribution in [0.2, 0.25) is 0 Å². The number of rotatable bonds is 2. The lowest BCUT2D eigenvalue weighted by molar-refractivity contribution is -0.150. The maximum absolute atomic E-state index is 12.3. The van der Waals surface area contributed by atoms with Crippen LogP contribution in [0.1, 0.15) is 17.3 Å². The number of nitrogens with zero attached hydrogens (tertiary/aromatic N) is 1. The minimum Gasteiger partial charge on any atom is -0.392 e. The molecule has 3 nitrogen and oxygen atoms in total. The summed E-state index contributed by atoms with van der Waals surface area (Å²) in [5, 5.41) is 8.87. The second kappa shape index (κ2) is 4.46. The summed E-state index contributed by atoms with van der Waals surface area (Å²) in [6, 6.07) is -0.818. The largest absolute Gasteiger partial charge is 0.409 e. The first-order valence-corrected chi connectivity index (χ1v) is 4.73. The van der Waals surface area contributed by atoms with E-state index < -0.39 is 18.8 Å². The number of nitrogens with two attached hydrogens (primary N) is 1. The Labute approximate surface area is 92.2 Å². The van der Waals surface area contributed by atoms with Crippen molar-refractivity contribution < 1.29 is 18.3 Å². The fourth-order valence-electron chi connectivity index (χ4n) is 1.05. The molecular weight excluding hydrogens is 277 g/mol. The van der Waals surface area contributed by atoms with Crippen molar-refractivity contribution >= 4 is 15.9 Å². The molecular formula is C8H8BrF3N2O. The van der Waals surface area contributed by atoms with Crippen LogP contribution in [0.15, 0.2) is 16.7 Å². The van der Waals surface area contributed by atoms with Crippen LogP contribution in [-0.2, 0) is 6.61 Å². The first-order chi connectivity index (χ1) is 6.86.